The van der Waals surface area contributed by atoms with Gasteiger partial charge in [-0.15, -0.1) is 0 Å². The number of benzene rings is 1. The van der Waals surface area contributed by atoms with Crippen LogP contribution in [-0.4, -0.2) is 18.9 Å². The van der Waals surface area contributed by atoms with E-state index in [9.17, 15) is 9.59 Å². The van der Waals surface area contributed by atoms with Gasteiger partial charge in [0.15, 0.2) is 0 Å². The highest BCUT2D eigenvalue weighted by molar-refractivity contribution is 5.95. The molecule has 1 saturated carbocycles. The monoisotopic (exact) mass is 288 g/mol. The fourth-order valence-corrected chi connectivity index (χ4v) is 2.88. The van der Waals surface area contributed by atoms with Crippen molar-refractivity contribution in [3.05, 3.63) is 29.8 Å². The molecule has 0 saturated heterocycles. The van der Waals surface area contributed by atoms with Crippen molar-refractivity contribution in [3.63, 3.8) is 0 Å². The lowest BCUT2D eigenvalue weighted by molar-refractivity contribution is -0.116. The lowest BCUT2D eigenvalue weighted by atomic mass is 9.86. The standard InChI is InChI=1S/C17H24N2O2/c1-18-17(21)14-8-10-15(11-9-14)19-16(20)12-7-13-5-3-2-4-6-13/h8-11,13H,2-7,12H2,1H3,(H,18,21)(H,19,20). The average molecular weight is 288 g/mol. The summed E-state index contributed by atoms with van der Waals surface area (Å²) < 4.78 is 0. The van der Waals surface area contributed by atoms with Crippen LogP contribution in [0.3, 0.4) is 0 Å². The molecule has 0 spiro atoms. The van der Waals surface area contributed by atoms with Gasteiger partial charge in [0.1, 0.15) is 0 Å². The number of rotatable bonds is 5. The molecule has 0 aliphatic heterocycles. The molecule has 0 aromatic heterocycles. The molecule has 114 valence electrons. The van der Waals surface area contributed by atoms with Crippen LogP contribution in [-0.2, 0) is 4.79 Å². The molecule has 0 bridgehead atoms. The summed E-state index contributed by atoms with van der Waals surface area (Å²) in [6, 6.07) is 6.97. The van der Waals surface area contributed by atoms with Gasteiger partial charge in [0.25, 0.3) is 5.91 Å². The molecule has 1 aliphatic carbocycles. The summed E-state index contributed by atoms with van der Waals surface area (Å²) in [5, 5.41) is 5.47. The number of nitrogens with one attached hydrogen (secondary N) is 2. The van der Waals surface area contributed by atoms with E-state index in [1.807, 2.05) is 0 Å². The summed E-state index contributed by atoms with van der Waals surface area (Å²) in [4.78, 5) is 23.4. The van der Waals surface area contributed by atoms with Gasteiger partial charge in [-0.05, 0) is 36.6 Å². The molecule has 0 unspecified atom stereocenters. The molecule has 1 fully saturated rings. The van der Waals surface area contributed by atoms with Crippen LogP contribution >= 0.6 is 0 Å². The first kappa shape index (κ1) is 15.5. The van der Waals surface area contributed by atoms with Crippen LogP contribution in [0.15, 0.2) is 24.3 Å². The van der Waals surface area contributed by atoms with E-state index < -0.39 is 0 Å². The Kier molecular flexibility index (Phi) is 5.78. The maximum atomic E-state index is 11.9. The first-order chi connectivity index (χ1) is 10.2. The van der Waals surface area contributed by atoms with Crippen molar-refractivity contribution >= 4 is 17.5 Å². The van der Waals surface area contributed by atoms with Crippen LogP contribution in [0.4, 0.5) is 5.69 Å². The van der Waals surface area contributed by atoms with Gasteiger partial charge in [0.05, 0.1) is 0 Å². The van der Waals surface area contributed by atoms with Gasteiger partial charge in [0, 0.05) is 24.7 Å². The van der Waals surface area contributed by atoms with E-state index in [4.69, 9.17) is 0 Å². The molecule has 4 heteroatoms. The molecular formula is C17H24N2O2. The minimum Gasteiger partial charge on any atom is -0.355 e. The Bertz CT molecular complexity index is 476. The molecule has 0 radical (unpaired) electrons. The van der Waals surface area contributed by atoms with E-state index in [2.05, 4.69) is 10.6 Å². The fraction of sp³-hybridized carbons (Fsp3) is 0.529. The number of hydrogen-bond donors (Lipinski definition) is 2. The first-order valence-corrected chi connectivity index (χ1v) is 7.81. The van der Waals surface area contributed by atoms with Gasteiger partial charge in [0.2, 0.25) is 5.91 Å². The van der Waals surface area contributed by atoms with E-state index >= 15 is 0 Å². The number of anilines is 1. The highest BCUT2D eigenvalue weighted by Gasteiger charge is 2.14. The molecule has 1 aliphatic rings. The molecule has 0 heterocycles. The molecule has 2 amide bonds. The smallest absolute Gasteiger partial charge is 0.251 e. The summed E-state index contributed by atoms with van der Waals surface area (Å²) in [5.41, 5.74) is 1.34. The van der Waals surface area contributed by atoms with Crippen molar-refractivity contribution in [2.24, 2.45) is 5.92 Å². The highest BCUT2D eigenvalue weighted by Crippen LogP contribution is 2.27. The maximum Gasteiger partial charge on any atom is 0.251 e. The van der Waals surface area contributed by atoms with Crippen molar-refractivity contribution < 1.29 is 9.59 Å². The van der Waals surface area contributed by atoms with E-state index in [0.717, 1.165) is 18.0 Å². The predicted molar refractivity (Wildman–Crippen MR) is 84.3 cm³/mol. The molecule has 2 N–H and O–H groups in total. The van der Waals surface area contributed by atoms with Gasteiger partial charge in [-0.3, -0.25) is 9.59 Å². The van der Waals surface area contributed by atoms with E-state index in [1.54, 1.807) is 31.3 Å². The molecule has 1 aromatic carbocycles. The topological polar surface area (TPSA) is 58.2 Å². The van der Waals surface area contributed by atoms with E-state index in [-0.39, 0.29) is 11.8 Å². The van der Waals surface area contributed by atoms with Gasteiger partial charge in [-0.1, -0.05) is 32.1 Å². The molecule has 4 nitrogen and oxygen atoms in total. The van der Waals surface area contributed by atoms with Gasteiger partial charge in [-0.2, -0.15) is 0 Å². The first-order valence-electron chi connectivity index (χ1n) is 7.81. The minimum atomic E-state index is -0.120. The second-order valence-corrected chi connectivity index (χ2v) is 5.75. The normalized spacial score (nSPS) is 15.5. The second kappa shape index (κ2) is 7.81. The molecular weight excluding hydrogens is 264 g/mol. The van der Waals surface area contributed by atoms with Crippen molar-refractivity contribution in [2.75, 3.05) is 12.4 Å². The number of carbonyl (C=O) groups excluding carboxylic acids is 2. The Labute approximate surface area is 126 Å². The Morgan fingerprint density at radius 2 is 1.76 bits per heavy atom. The Hall–Kier alpha value is -1.84. The zero-order chi connectivity index (χ0) is 15.1. The Morgan fingerprint density at radius 1 is 1.10 bits per heavy atom. The third-order valence-electron chi connectivity index (χ3n) is 4.16. The quantitative estimate of drug-likeness (QED) is 0.873. The minimum absolute atomic E-state index is 0.0632. The third-order valence-corrected chi connectivity index (χ3v) is 4.16. The summed E-state index contributed by atoms with van der Waals surface area (Å²) in [6.45, 7) is 0. The summed E-state index contributed by atoms with van der Waals surface area (Å²) in [5.74, 6) is 0.665. The number of hydrogen-bond acceptors (Lipinski definition) is 2. The van der Waals surface area contributed by atoms with Crippen LogP contribution in [0.5, 0.6) is 0 Å². The van der Waals surface area contributed by atoms with Gasteiger partial charge >= 0.3 is 0 Å². The molecule has 1 aromatic rings. The summed E-state index contributed by atoms with van der Waals surface area (Å²) in [6.07, 6.45) is 8.09. The highest BCUT2D eigenvalue weighted by atomic mass is 16.2. The maximum absolute atomic E-state index is 11.9. The van der Waals surface area contributed by atoms with Crippen molar-refractivity contribution in [1.29, 1.82) is 0 Å². The zero-order valence-electron chi connectivity index (χ0n) is 12.7. The molecule has 2 rings (SSSR count). The van der Waals surface area contributed by atoms with E-state index in [1.165, 1.54) is 32.1 Å². The van der Waals surface area contributed by atoms with Crippen LogP contribution in [0.2, 0.25) is 0 Å². The van der Waals surface area contributed by atoms with E-state index in [0.29, 0.717) is 12.0 Å². The summed E-state index contributed by atoms with van der Waals surface area (Å²) in [7, 11) is 1.60. The lowest BCUT2D eigenvalue weighted by Crippen LogP contribution is -2.18. The second-order valence-electron chi connectivity index (χ2n) is 5.75. The third kappa shape index (κ3) is 4.88. The van der Waals surface area contributed by atoms with Gasteiger partial charge < -0.3 is 10.6 Å². The van der Waals surface area contributed by atoms with Gasteiger partial charge in [-0.25, -0.2) is 0 Å². The Morgan fingerprint density at radius 3 is 2.38 bits per heavy atom. The number of amides is 2. The van der Waals surface area contributed by atoms with Crippen LogP contribution in [0, 0.1) is 5.92 Å². The largest absolute Gasteiger partial charge is 0.355 e. The van der Waals surface area contributed by atoms with Crippen LogP contribution < -0.4 is 10.6 Å². The number of carbonyl (C=O) groups is 2. The van der Waals surface area contributed by atoms with Crippen molar-refractivity contribution in [1.82, 2.24) is 5.32 Å². The zero-order valence-corrected chi connectivity index (χ0v) is 12.7. The SMILES string of the molecule is CNC(=O)c1ccc(NC(=O)CCC2CCCCC2)cc1. The average Bonchev–Trinajstić information content (AvgIpc) is 2.54. The van der Waals surface area contributed by atoms with Crippen LogP contribution in [0.25, 0.3) is 0 Å². The molecule has 0 atom stereocenters. The Balaban J connectivity index is 1.77. The van der Waals surface area contributed by atoms with Crippen molar-refractivity contribution in [3.8, 4) is 0 Å². The predicted octanol–water partition coefficient (Wildman–Crippen LogP) is 3.35. The van der Waals surface area contributed by atoms with Crippen molar-refractivity contribution in [2.45, 2.75) is 44.9 Å². The van der Waals surface area contributed by atoms with Crippen LogP contribution in [0.1, 0.15) is 55.3 Å². The lowest BCUT2D eigenvalue weighted by Gasteiger charge is -2.21. The summed E-state index contributed by atoms with van der Waals surface area (Å²) >= 11 is 0. The molecule has 21 heavy (non-hydrogen) atoms. The fourth-order valence-electron chi connectivity index (χ4n) is 2.88.